The maximum atomic E-state index is 14.9. The Kier molecular flexibility index (Phi) is 3.38. The van der Waals surface area contributed by atoms with E-state index in [1.807, 2.05) is 27.7 Å². The summed E-state index contributed by atoms with van der Waals surface area (Å²) in [4.78, 5) is 13.2. The summed E-state index contributed by atoms with van der Waals surface area (Å²) in [6, 6.07) is 3.43. The number of carbonyl (C=O) groups is 1. The molecule has 0 aromatic heterocycles. The van der Waals surface area contributed by atoms with Crippen LogP contribution in [0.2, 0.25) is 0 Å². The predicted molar refractivity (Wildman–Crippen MR) is 83.8 cm³/mol. The van der Waals surface area contributed by atoms with Crippen molar-refractivity contribution in [3.8, 4) is 0 Å². The average molecular weight is 305 g/mol. The highest BCUT2D eigenvalue weighted by molar-refractivity contribution is 6.62. The maximum Gasteiger partial charge on any atom is 0.497 e. The van der Waals surface area contributed by atoms with Crippen molar-refractivity contribution in [2.45, 2.75) is 51.7 Å². The van der Waals surface area contributed by atoms with Gasteiger partial charge in [0.2, 0.25) is 5.91 Å². The Morgan fingerprint density at radius 3 is 2.32 bits per heavy atom. The molecule has 22 heavy (non-hydrogen) atoms. The van der Waals surface area contributed by atoms with E-state index in [0.29, 0.717) is 29.6 Å². The zero-order valence-electron chi connectivity index (χ0n) is 13.7. The highest BCUT2D eigenvalue weighted by Gasteiger charge is 2.52. The van der Waals surface area contributed by atoms with Gasteiger partial charge in [0.25, 0.3) is 0 Å². The van der Waals surface area contributed by atoms with Crippen LogP contribution in [0, 0.1) is 5.82 Å². The van der Waals surface area contributed by atoms with Crippen LogP contribution in [0.1, 0.15) is 39.7 Å². The van der Waals surface area contributed by atoms with Gasteiger partial charge >= 0.3 is 7.12 Å². The summed E-state index contributed by atoms with van der Waals surface area (Å²) >= 11 is 0. The summed E-state index contributed by atoms with van der Waals surface area (Å²) in [6.07, 6.45) is 0.741. The molecular weight excluding hydrogens is 284 g/mol. The van der Waals surface area contributed by atoms with Gasteiger partial charge in [-0.1, -0.05) is 6.07 Å². The number of carbonyl (C=O) groups excluding carboxylic acids is 1. The first kappa shape index (κ1) is 15.5. The second kappa shape index (κ2) is 4.80. The summed E-state index contributed by atoms with van der Waals surface area (Å²) in [5, 5.41) is 0. The first-order chi connectivity index (χ1) is 10.1. The molecule has 3 rings (SSSR count). The Morgan fingerprint density at radius 1 is 1.14 bits per heavy atom. The minimum absolute atomic E-state index is 0.00952. The lowest BCUT2D eigenvalue weighted by molar-refractivity contribution is -0.118. The van der Waals surface area contributed by atoms with Gasteiger partial charge in [0.1, 0.15) is 5.82 Å². The summed E-state index contributed by atoms with van der Waals surface area (Å²) in [5.41, 5.74) is 0.586. The molecule has 0 aliphatic carbocycles. The van der Waals surface area contributed by atoms with Gasteiger partial charge in [0.15, 0.2) is 0 Å². The van der Waals surface area contributed by atoms with Crippen LogP contribution in [0.5, 0.6) is 0 Å². The molecule has 0 atom stereocenters. The lowest BCUT2D eigenvalue weighted by atomic mass is 9.76. The minimum Gasteiger partial charge on any atom is -0.399 e. The molecule has 2 aliphatic rings. The molecule has 118 valence electrons. The SMILES string of the molecule is CN1C(=O)CCc2c1ccc(B1OC(C)(C)C(C)(C)O1)c2F. The summed E-state index contributed by atoms with van der Waals surface area (Å²) < 4.78 is 26.8. The van der Waals surface area contributed by atoms with E-state index in [1.54, 1.807) is 19.2 Å². The number of halogens is 1. The number of anilines is 1. The van der Waals surface area contributed by atoms with E-state index >= 15 is 0 Å². The second-order valence-electron chi connectivity index (χ2n) is 7.01. The molecule has 1 aromatic rings. The molecule has 2 heterocycles. The number of benzene rings is 1. The summed E-state index contributed by atoms with van der Waals surface area (Å²) in [7, 11) is 0.951. The average Bonchev–Trinajstić information content (AvgIpc) is 2.63. The lowest BCUT2D eigenvalue weighted by Gasteiger charge is -2.32. The Hall–Kier alpha value is -1.40. The summed E-state index contributed by atoms with van der Waals surface area (Å²) in [6.45, 7) is 7.76. The molecule has 0 radical (unpaired) electrons. The third kappa shape index (κ3) is 2.17. The van der Waals surface area contributed by atoms with Crippen LogP contribution in [0.15, 0.2) is 12.1 Å². The van der Waals surface area contributed by atoms with Gasteiger partial charge in [-0.2, -0.15) is 0 Å². The minimum atomic E-state index is -0.724. The van der Waals surface area contributed by atoms with E-state index in [9.17, 15) is 9.18 Å². The second-order valence-corrected chi connectivity index (χ2v) is 7.01. The molecule has 1 amide bonds. The Labute approximate surface area is 130 Å². The predicted octanol–water partition coefficient (Wildman–Crippen LogP) is 2.03. The van der Waals surface area contributed by atoms with E-state index in [0.717, 1.165) is 0 Å². The van der Waals surface area contributed by atoms with E-state index in [-0.39, 0.29) is 11.7 Å². The smallest absolute Gasteiger partial charge is 0.399 e. The van der Waals surface area contributed by atoms with Gasteiger partial charge in [0, 0.05) is 30.2 Å². The first-order valence-electron chi connectivity index (χ1n) is 7.57. The zero-order valence-corrected chi connectivity index (χ0v) is 13.7. The molecule has 6 heteroatoms. The molecule has 0 unspecified atom stereocenters. The number of hydrogen-bond donors (Lipinski definition) is 0. The third-order valence-corrected chi connectivity index (χ3v) is 5.08. The van der Waals surface area contributed by atoms with Crippen molar-refractivity contribution in [2.75, 3.05) is 11.9 Å². The Balaban J connectivity index is 2.00. The monoisotopic (exact) mass is 305 g/mol. The maximum absolute atomic E-state index is 14.9. The van der Waals surface area contributed by atoms with Crippen molar-refractivity contribution < 1.29 is 18.5 Å². The van der Waals surface area contributed by atoms with Crippen LogP contribution in [0.25, 0.3) is 0 Å². The van der Waals surface area contributed by atoms with Crippen LogP contribution in [0.4, 0.5) is 10.1 Å². The molecule has 1 saturated heterocycles. The van der Waals surface area contributed by atoms with Crippen molar-refractivity contribution in [3.63, 3.8) is 0 Å². The Bertz CT molecular complexity index is 629. The van der Waals surface area contributed by atoms with E-state index in [2.05, 4.69) is 0 Å². The fourth-order valence-electron chi connectivity index (χ4n) is 2.87. The van der Waals surface area contributed by atoms with Crippen LogP contribution in [0.3, 0.4) is 0 Å². The van der Waals surface area contributed by atoms with Gasteiger partial charge in [-0.25, -0.2) is 4.39 Å². The molecule has 1 aromatic carbocycles. The molecule has 0 spiro atoms. The fourth-order valence-corrected chi connectivity index (χ4v) is 2.87. The van der Waals surface area contributed by atoms with Crippen molar-refractivity contribution in [2.24, 2.45) is 0 Å². The quantitative estimate of drug-likeness (QED) is 0.745. The molecule has 0 N–H and O–H groups in total. The third-order valence-electron chi connectivity index (χ3n) is 5.08. The van der Waals surface area contributed by atoms with Gasteiger partial charge in [-0.3, -0.25) is 4.79 Å². The largest absolute Gasteiger partial charge is 0.497 e. The number of hydrogen-bond acceptors (Lipinski definition) is 3. The van der Waals surface area contributed by atoms with Crippen LogP contribution in [-0.2, 0) is 20.5 Å². The normalized spacial score (nSPS) is 22.9. The van der Waals surface area contributed by atoms with E-state index in [4.69, 9.17) is 9.31 Å². The van der Waals surface area contributed by atoms with Crippen LogP contribution < -0.4 is 10.4 Å². The number of rotatable bonds is 1. The van der Waals surface area contributed by atoms with Gasteiger partial charge in [0.05, 0.1) is 11.2 Å². The van der Waals surface area contributed by atoms with Crippen molar-refractivity contribution in [3.05, 3.63) is 23.5 Å². The van der Waals surface area contributed by atoms with E-state index < -0.39 is 18.3 Å². The Morgan fingerprint density at radius 2 is 1.73 bits per heavy atom. The molecule has 0 bridgehead atoms. The van der Waals surface area contributed by atoms with E-state index in [1.165, 1.54) is 4.90 Å². The summed E-state index contributed by atoms with van der Waals surface area (Å²) in [5.74, 6) is -0.314. The van der Waals surface area contributed by atoms with Crippen molar-refractivity contribution in [1.82, 2.24) is 0 Å². The van der Waals surface area contributed by atoms with Gasteiger partial charge in [-0.05, 0) is 40.2 Å². The standard InChI is InChI=1S/C16H21BFNO3/c1-15(2)16(3,4)22-17(21-15)11-7-8-12-10(14(11)18)6-9-13(20)19(12)5/h7-8H,6,9H2,1-5H3. The van der Waals surface area contributed by atoms with Gasteiger partial charge in [-0.15, -0.1) is 0 Å². The fraction of sp³-hybridized carbons (Fsp3) is 0.562. The molecular formula is C16H21BFNO3. The molecule has 2 aliphatic heterocycles. The molecule has 4 nitrogen and oxygen atoms in total. The number of amides is 1. The van der Waals surface area contributed by atoms with Crippen molar-refractivity contribution in [1.29, 1.82) is 0 Å². The molecule has 1 fully saturated rings. The number of nitrogens with zero attached hydrogens (tertiary/aromatic N) is 1. The zero-order chi connectivity index (χ0) is 16.3. The first-order valence-corrected chi connectivity index (χ1v) is 7.57. The number of fused-ring (bicyclic) bond motifs is 1. The highest BCUT2D eigenvalue weighted by Crippen LogP contribution is 2.37. The van der Waals surface area contributed by atoms with Crippen LogP contribution in [-0.4, -0.2) is 31.3 Å². The highest BCUT2D eigenvalue weighted by atomic mass is 19.1. The van der Waals surface area contributed by atoms with Crippen LogP contribution >= 0.6 is 0 Å². The van der Waals surface area contributed by atoms with Crippen molar-refractivity contribution >= 4 is 24.2 Å². The molecule has 0 saturated carbocycles. The topological polar surface area (TPSA) is 38.8 Å². The van der Waals surface area contributed by atoms with Gasteiger partial charge < -0.3 is 14.2 Å². The lowest BCUT2D eigenvalue weighted by Crippen LogP contribution is -2.41.